The molecule has 0 radical (unpaired) electrons. The van der Waals surface area contributed by atoms with Gasteiger partial charge >= 0.3 is 0 Å². The largest absolute Gasteiger partial charge is 0.298 e. The number of allylic oxidation sites excluding steroid dienone is 4. The lowest BCUT2D eigenvalue weighted by molar-refractivity contribution is -0.104. The smallest absolute Gasteiger partial charge is 0.149 e. The highest BCUT2D eigenvalue weighted by atomic mass is 16.1. The summed E-state index contributed by atoms with van der Waals surface area (Å²) in [6.07, 6.45) is 5.09. The summed E-state index contributed by atoms with van der Waals surface area (Å²) in [6, 6.07) is 0. The first kappa shape index (κ1) is 7.26. The molecule has 0 saturated carbocycles. The molecule has 0 spiro atoms. The summed E-state index contributed by atoms with van der Waals surface area (Å²) < 4.78 is 0. The number of hydrogen-bond donors (Lipinski definition) is 0. The van der Waals surface area contributed by atoms with E-state index in [1.165, 1.54) is 11.1 Å². The van der Waals surface area contributed by atoms with Crippen LogP contribution in [0.4, 0.5) is 0 Å². The highest BCUT2D eigenvalue weighted by molar-refractivity contribution is 5.80. The Kier molecular flexibility index (Phi) is 2.05. The van der Waals surface area contributed by atoms with Crippen LogP contribution in [0.15, 0.2) is 22.8 Å². The molecule has 54 valence electrons. The fourth-order valence-corrected chi connectivity index (χ4v) is 1.17. The summed E-state index contributed by atoms with van der Waals surface area (Å²) in [5.41, 5.74) is 3.40. The third-order valence-corrected chi connectivity index (χ3v) is 2.08. The predicted molar refractivity (Wildman–Crippen MR) is 41.8 cm³/mol. The van der Waals surface area contributed by atoms with Crippen LogP contribution in [0.3, 0.4) is 0 Å². The Hall–Kier alpha value is -0.850. The average molecular weight is 136 g/mol. The van der Waals surface area contributed by atoms with Gasteiger partial charge in [0.2, 0.25) is 0 Å². The van der Waals surface area contributed by atoms with Crippen LogP contribution in [0, 0.1) is 0 Å². The molecule has 1 aliphatic rings. The Labute approximate surface area is 61.4 Å². The van der Waals surface area contributed by atoms with Crippen molar-refractivity contribution in [2.75, 3.05) is 0 Å². The number of rotatable bonds is 1. The lowest BCUT2D eigenvalue weighted by atomic mass is 9.94. The van der Waals surface area contributed by atoms with Gasteiger partial charge < -0.3 is 0 Å². The average Bonchev–Trinajstić information content (AvgIpc) is 1.95. The second kappa shape index (κ2) is 2.82. The molecule has 0 atom stereocenters. The van der Waals surface area contributed by atoms with Crippen molar-refractivity contribution >= 4 is 6.29 Å². The van der Waals surface area contributed by atoms with E-state index in [0.29, 0.717) is 0 Å². The van der Waals surface area contributed by atoms with Crippen molar-refractivity contribution in [1.29, 1.82) is 0 Å². The minimum Gasteiger partial charge on any atom is -0.298 e. The highest BCUT2D eigenvalue weighted by Crippen LogP contribution is 2.22. The molecule has 0 aromatic heterocycles. The van der Waals surface area contributed by atoms with Crippen LogP contribution < -0.4 is 0 Å². The van der Waals surface area contributed by atoms with Crippen LogP contribution in [0.5, 0.6) is 0 Å². The molecule has 0 aromatic rings. The third-order valence-electron chi connectivity index (χ3n) is 2.08. The maximum Gasteiger partial charge on any atom is 0.149 e. The first-order chi connectivity index (χ1) is 4.75. The Balaban J connectivity index is 2.94. The molecule has 1 heteroatoms. The molecule has 1 nitrogen and oxygen atoms in total. The quantitative estimate of drug-likeness (QED) is 0.505. The van der Waals surface area contributed by atoms with E-state index in [4.69, 9.17) is 0 Å². The van der Waals surface area contributed by atoms with Crippen LogP contribution in [0.2, 0.25) is 0 Å². The van der Waals surface area contributed by atoms with Gasteiger partial charge in [0.15, 0.2) is 0 Å². The van der Waals surface area contributed by atoms with Gasteiger partial charge in [0.1, 0.15) is 6.29 Å². The molecule has 1 rings (SSSR count). The molecule has 0 amide bonds. The van der Waals surface area contributed by atoms with E-state index in [9.17, 15) is 4.79 Å². The molecule has 10 heavy (non-hydrogen) atoms. The first-order valence-electron chi connectivity index (χ1n) is 3.57. The summed E-state index contributed by atoms with van der Waals surface area (Å²) in [5.74, 6) is 0. The molecular weight excluding hydrogens is 124 g/mol. The van der Waals surface area contributed by atoms with Gasteiger partial charge in [-0.05, 0) is 32.3 Å². The van der Waals surface area contributed by atoms with Crippen molar-refractivity contribution < 1.29 is 4.79 Å². The summed E-state index contributed by atoms with van der Waals surface area (Å²) in [5, 5.41) is 0. The second-order valence-corrected chi connectivity index (χ2v) is 2.72. The molecule has 0 saturated heterocycles. The Morgan fingerprint density at radius 1 is 1.50 bits per heavy atom. The molecule has 0 unspecified atom stereocenters. The van der Waals surface area contributed by atoms with Crippen molar-refractivity contribution in [2.24, 2.45) is 0 Å². The van der Waals surface area contributed by atoms with E-state index in [2.05, 4.69) is 6.92 Å². The van der Waals surface area contributed by atoms with Crippen molar-refractivity contribution in [3.8, 4) is 0 Å². The first-order valence-corrected chi connectivity index (χ1v) is 3.57. The molecule has 0 aromatic carbocycles. The van der Waals surface area contributed by atoms with E-state index in [1.807, 2.05) is 13.0 Å². The third kappa shape index (κ3) is 1.18. The zero-order valence-electron chi connectivity index (χ0n) is 6.48. The van der Waals surface area contributed by atoms with Gasteiger partial charge in [0.05, 0.1) is 0 Å². The summed E-state index contributed by atoms with van der Waals surface area (Å²) in [4.78, 5) is 10.4. The van der Waals surface area contributed by atoms with Gasteiger partial charge in [-0.3, -0.25) is 4.79 Å². The van der Waals surface area contributed by atoms with Crippen LogP contribution >= 0.6 is 0 Å². The van der Waals surface area contributed by atoms with Gasteiger partial charge in [0.25, 0.3) is 0 Å². The SMILES string of the molecule is CC1=C(C)C(C=O)=CCC1. The predicted octanol–water partition coefficient (Wildman–Crippen LogP) is 2.24. The Morgan fingerprint density at radius 3 is 2.70 bits per heavy atom. The Morgan fingerprint density at radius 2 is 2.20 bits per heavy atom. The van der Waals surface area contributed by atoms with Gasteiger partial charge in [0, 0.05) is 5.57 Å². The van der Waals surface area contributed by atoms with Crippen molar-refractivity contribution in [3.63, 3.8) is 0 Å². The van der Waals surface area contributed by atoms with Gasteiger partial charge in [-0.25, -0.2) is 0 Å². The molecule has 1 aliphatic carbocycles. The Bertz CT molecular complexity index is 209. The van der Waals surface area contributed by atoms with Crippen LogP contribution in [-0.2, 0) is 4.79 Å². The van der Waals surface area contributed by atoms with Crippen LogP contribution in [-0.4, -0.2) is 6.29 Å². The summed E-state index contributed by atoms with van der Waals surface area (Å²) in [7, 11) is 0. The fourth-order valence-electron chi connectivity index (χ4n) is 1.17. The monoisotopic (exact) mass is 136 g/mol. The van der Waals surface area contributed by atoms with Crippen molar-refractivity contribution in [2.45, 2.75) is 26.7 Å². The minimum absolute atomic E-state index is 0.878. The van der Waals surface area contributed by atoms with E-state index in [0.717, 1.165) is 24.7 Å². The topological polar surface area (TPSA) is 17.1 Å². The van der Waals surface area contributed by atoms with Crippen LogP contribution in [0.25, 0.3) is 0 Å². The minimum atomic E-state index is 0.878. The molecule has 0 fully saturated rings. The maximum atomic E-state index is 10.4. The second-order valence-electron chi connectivity index (χ2n) is 2.72. The zero-order chi connectivity index (χ0) is 7.56. The van der Waals surface area contributed by atoms with Gasteiger partial charge in [-0.1, -0.05) is 11.6 Å². The number of aldehydes is 1. The fraction of sp³-hybridized carbons (Fsp3) is 0.444. The summed E-state index contributed by atoms with van der Waals surface area (Å²) in [6.45, 7) is 4.10. The normalized spacial score (nSPS) is 18.8. The van der Waals surface area contributed by atoms with Crippen molar-refractivity contribution in [1.82, 2.24) is 0 Å². The molecule has 0 bridgehead atoms. The van der Waals surface area contributed by atoms with E-state index in [-0.39, 0.29) is 0 Å². The number of carbonyl (C=O) groups is 1. The number of hydrogen-bond acceptors (Lipinski definition) is 1. The highest BCUT2D eigenvalue weighted by Gasteiger charge is 2.06. The zero-order valence-corrected chi connectivity index (χ0v) is 6.48. The molecule has 0 N–H and O–H groups in total. The summed E-state index contributed by atoms with van der Waals surface area (Å²) >= 11 is 0. The lowest BCUT2D eigenvalue weighted by Gasteiger charge is -2.11. The maximum absolute atomic E-state index is 10.4. The molecule has 0 aliphatic heterocycles. The molecule has 0 heterocycles. The number of carbonyl (C=O) groups excluding carboxylic acids is 1. The van der Waals surface area contributed by atoms with E-state index >= 15 is 0 Å². The van der Waals surface area contributed by atoms with E-state index in [1.54, 1.807) is 0 Å². The standard InChI is InChI=1S/C9H12O/c1-7-4-3-5-9(6-10)8(7)2/h5-6H,3-4H2,1-2H3. The van der Waals surface area contributed by atoms with E-state index < -0.39 is 0 Å². The van der Waals surface area contributed by atoms with Crippen molar-refractivity contribution in [3.05, 3.63) is 22.8 Å². The lowest BCUT2D eigenvalue weighted by Crippen LogP contribution is -1.96. The van der Waals surface area contributed by atoms with Gasteiger partial charge in [-0.2, -0.15) is 0 Å². The van der Waals surface area contributed by atoms with Crippen LogP contribution in [0.1, 0.15) is 26.7 Å². The molecular formula is C9H12O. The van der Waals surface area contributed by atoms with Gasteiger partial charge in [-0.15, -0.1) is 0 Å².